The Kier molecular flexibility index (Phi) is 4.29. The Balaban J connectivity index is 2.40. The molecule has 1 aromatic rings. The predicted molar refractivity (Wildman–Crippen MR) is 78.9 cm³/mol. The van der Waals surface area contributed by atoms with Gasteiger partial charge in [0.1, 0.15) is 5.75 Å². The van der Waals surface area contributed by atoms with Crippen LogP contribution in [0.1, 0.15) is 0 Å². The Morgan fingerprint density at radius 1 is 1.15 bits per heavy atom. The van der Waals surface area contributed by atoms with E-state index in [-0.39, 0.29) is 6.54 Å². The number of hydrogen-bond donors (Lipinski definition) is 1. The van der Waals surface area contributed by atoms with Crippen molar-refractivity contribution in [3.05, 3.63) is 30.3 Å². The Bertz CT molecular complexity index is 524. The maximum Gasteiger partial charge on any atom is 0.346 e. The van der Waals surface area contributed by atoms with Crippen LogP contribution in [0.15, 0.2) is 30.3 Å². The minimum Gasteiger partial charge on any atom is -0.479 e. The van der Waals surface area contributed by atoms with Crippen molar-refractivity contribution < 1.29 is 14.7 Å². The van der Waals surface area contributed by atoms with E-state index >= 15 is 0 Å². The summed E-state index contributed by atoms with van der Waals surface area (Å²) in [5.41, 5.74) is 0. The number of alkyl halides is 5. The molecule has 0 aliphatic carbocycles. The maximum atomic E-state index is 11.5. The zero-order chi connectivity index (χ0) is 15.2. The molecule has 0 amide bonds. The maximum absolute atomic E-state index is 11.5. The molecule has 9 heteroatoms. The molecule has 0 spiro atoms. The second-order valence-electron chi connectivity index (χ2n) is 4.15. The predicted octanol–water partition coefficient (Wildman–Crippen LogP) is 3.66. The molecule has 1 atom stereocenters. The molecule has 1 N–H and O–H groups in total. The summed E-state index contributed by atoms with van der Waals surface area (Å²) in [6.07, 6.45) is 0. The molecule has 4 nitrogen and oxygen atoms in total. The minimum atomic E-state index is -2.34. The first-order valence-electron chi connectivity index (χ1n) is 5.31. The molecule has 110 valence electrons. The molecule has 2 rings (SSSR count). The lowest BCUT2D eigenvalue weighted by Gasteiger charge is -2.34. The van der Waals surface area contributed by atoms with E-state index in [4.69, 9.17) is 62.8 Å². The van der Waals surface area contributed by atoms with Crippen molar-refractivity contribution >= 4 is 64.0 Å². The number of hydroxylamine groups is 2. The van der Waals surface area contributed by atoms with Gasteiger partial charge in [0.25, 0.3) is 5.00 Å². The first kappa shape index (κ1) is 16.3. The molecule has 0 bridgehead atoms. The van der Waals surface area contributed by atoms with Gasteiger partial charge in [-0.3, -0.25) is 0 Å². The quantitative estimate of drug-likeness (QED) is 0.643. The van der Waals surface area contributed by atoms with Crippen LogP contribution in [0.25, 0.3) is 0 Å². The van der Waals surface area contributed by atoms with E-state index < -0.39 is 19.6 Å². The van der Waals surface area contributed by atoms with Crippen LogP contribution in [0, 0.1) is 0 Å². The molecule has 0 radical (unpaired) electrons. The minimum absolute atomic E-state index is 0.298. The summed E-state index contributed by atoms with van der Waals surface area (Å²) >= 11 is 30.0. The van der Waals surface area contributed by atoms with Crippen LogP contribution >= 0.6 is 58.0 Å². The first-order chi connectivity index (χ1) is 9.13. The van der Waals surface area contributed by atoms with E-state index in [0.29, 0.717) is 5.75 Å². The van der Waals surface area contributed by atoms with Gasteiger partial charge in [0.2, 0.25) is 0 Å². The third kappa shape index (κ3) is 2.32. The molecule has 1 aromatic carbocycles. The van der Waals surface area contributed by atoms with Gasteiger partial charge in [-0.2, -0.15) is 0 Å². The van der Waals surface area contributed by atoms with Gasteiger partial charge >= 0.3 is 5.97 Å². The number of carboxylic acid groups (broad SMARTS) is 1. The van der Waals surface area contributed by atoms with Crippen molar-refractivity contribution in [1.29, 1.82) is 0 Å². The Morgan fingerprint density at radius 3 is 2.20 bits per heavy atom. The number of hydrogen-bond acceptors (Lipinski definition) is 3. The molecule has 0 unspecified atom stereocenters. The number of carbonyl (C=O) groups is 1. The number of para-hydroxylation sites is 1. The van der Waals surface area contributed by atoms with Crippen LogP contribution in [0.4, 0.5) is 0 Å². The fourth-order valence-electron chi connectivity index (χ4n) is 1.73. The monoisotopic (exact) mass is 377 g/mol. The van der Waals surface area contributed by atoms with Crippen LogP contribution in [0.3, 0.4) is 0 Å². The summed E-state index contributed by atoms with van der Waals surface area (Å²) in [5, 5.41) is 10.2. The van der Waals surface area contributed by atoms with E-state index in [1.54, 1.807) is 30.3 Å². The van der Waals surface area contributed by atoms with Crippen molar-refractivity contribution in [2.24, 2.45) is 0 Å². The van der Waals surface area contributed by atoms with Gasteiger partial charge in [-0.1, -0.05) is 76.2 Å². The van der Waals surface area contributed by atoms with E-state index in [2.05, 4.69) is 0 Å². The van der Waals surface area contributed by atoms with Crippen LogP contribution in [0.2, 0.25) is 0 Å². The van der Waals surface area contributed by atoms with E-state index in [1.807, 2.05) is 0 Å². The van der Waals surface area contributed by atoms with E-state index in [9.17, 15) is 9.90 Å². The lowest BCUT2D eigenvalue weighted by atomic mass is 10.2. The molecule has 0 aromatic heterocycles. The summed E-state index contributed by atoms with van der Waals surface area (Å²) in [6.45, 7) is -0.298. The number of benzene rings is 1. The molecular weight excluding hydrogens is 371 g/mol. The second-order valence-corrected chi connectivity index (χ2v) is 7.51. The summed E-state index contributed by atoms with van der Waals surface area (Å²) in [7, 11) is 0. The summed E-state index contributed by atoms with van der Waals surface area (Å²) in [4.78, 5) is 14.6. The molecule has 1 saturated heterocycles. The number of carboxylic acids is 1. The molecule has 1 heterocycles. The lowest BCUT2D eigenvalue weighted by molar-refractivity contribution is -0.161. The van der Waals surface area contributed by atoms with E-state index in [0.717, 1.165) is 5.06 Å². The van der Waals surface area contributed by atoms with Gasteiger partial charge in [0, 0.05) is 0 Å². The third-order valence-corrected chi connectivity index (χ3v) is 6.02. The first-order valence-corrected chi connectivity index (χ1v) is 7.20. The van der Waals surface area contributed by atoms with Gasteiger partial charge in [0.15, 0.2) is 8.67 Å². The molecule has 0 saturated carbocycles. The second kappa shape index (κ2) is 5.27. The van der Waals surface area contributed by atoms with Crippen molar-refractivity contribution in [3.63, 3.8) is 0 Å². The van der Waals surface area contributed by atoms with Gasteiger partial charge in [-0.25, -0.2) is 4.79 Å². The van der Waals surface area contributed by atoms with Crippen LogP contribution in [-0.2, 0) is 4.79 Å². The number of rotatable bonds is 3. The van der Waals surface area contributed by atoms with Crippen LogP contribution in [-0.4, -0.2) is 36.3 Å². The van der Waals surface area contributed by atoms with Gasteiger partial charge in [0.05, 0.1) is 6.54 Å². The normalized spacial score (nSPS) is 28.2. The Morgan fingerprint density at radius 2 is 1.70 bits per heavy atom. The van der Waals surface area contributed by atoms with E-state index in [1.165, 1.54) is 0 Å². The highest BCUT2D eigenvalue weighted by Gasteiger charge is 2.75. The fourth-order valence-corrected chi connectivity index (χ4v) is 3.04. The van der Waals surface area contributed by atoms with Gasteiger partial charge in [-0.15, -0.1) is 5.06 Å². The summed E-state index contributed by atoms with van der Waals surface area (Å²) in [5.74, 6) is -1.18. The molecule has 1 aliphatic rings. The Labute approximate surface area is 140 Å². The summed E-state index contributed by atoms with van der Waals surface area (Å²) in [6, 6.07) is 8.37. The number of halogens is 5. The topological polar surface area (TPSA) is 49.8 Å². The smallest absolute Gasteiger partial charge is 0.346 e. The standard InChI is InChI=1S/C11H8Cl5NO3/c12-9(13)6-17(20-7-4-2-1-3-5-7)10(14,8(18)19)11(9,15)16/h1-5H,6H2,(H,18,19)/t10-/m1/s1. The van der Waals surface area contributed by atoms with Crippen molar-refractivity contribution in [2.75, 3.05) is 6.54 Å². The SMILES string of the molecule is O=C(O)[C@@]1(Cl)N(Oc2ccccc2)CC(Cl)(Cl)C1(Cl)Cl. The molecule has 1 aliphatic heterocycles. The average molecular weight is 379 g/mol. The highest BCUT2D eigenvalue weighted by Crippen LogP contribution is 2.59. The number of aliphatic carboxylic acids is 1. The largest absolute Gasteiger partial charge is 0.479 e. The van der Waals surface area contributed by atoms with Crippen molar-refractivity contribution in [1.82, 2.24) is 5.06 Å². The van der Waals surface area contributed by atoms with Crippen LogP contribution < -0.4 is 4.84 Å². The average Bonchev–Trinajstić information content (AvgIpc) is 2.49. The molecular formula is C11H8Cl5NO3. The highest BCUT2D eigenvalue weighted by molar-refractivity contribution is 6.67. The lowest BCUT2D eigenvalue weighted by Crippen LogP contribution is -2.57. The highest BCUT2D eigenvalue weighted by atomic mass is 35.5. The number of nitrogens with zero attached hydrogens (tertiary/aromatic N) is 1. The van der Waals surface area contributed by atoms with Crippen LogP contribution in [0.5, 0.6) is 5.75 Å². The van der Waals surface area contributed by atoms with Crippen molar-refractivity contribution in [2.45, 2.75) is 13.7 Å². The zero-order valence-electron chi connectivity index (χ0n) is 9.69. The molecule has 1 fully saturated rings. The summed E-state index contributed by atoms with van der Waals surface area (Å²) < 4.78 is -4.02. The van der Waals surface area contributed by atoms with Gasteiger partial charge in [-0.05, 0) is 12.1 Å². The fraction of sp³-hybridized carbons (Fsp3) is 0.364. The zero-order valence-corrected chi connectivity index (χ0v) is 13.5. The molecule has 20 heavy (non-hydrogen) atoms. The third-order valence-electron chi connectivity index (χ3n) is 2.80. The Hall–Kier alpha value is -0.1000. The van der Waals surface area contributed by atoms with Crippen molar-refractivity contribution in [3.8, 4) is 5.75 Å². The van der Waals surface area contributed by atoms with Gasteiger partial charge < -0.3 is 9.94 Å².